The summed E-state index contributed by atoms with van der Waals surface area (Å²) in [4.78, 5) is 37.1. The number of carbonyl (C=O) groups excluding carboxylic acids is 2. The molecule has 1 atom stereocenters. The molecule has 2 aliphatic rings. The Labute approximate surface area is 181 Å². The molecule has 31 heavy (non-hydrogen) atoms. The molecule has 2 heterocycles. The van der Waals surface area contributed by atoms with Crippen LogP contribution in [0.2, 0.25) is 0 Å². The maximum atomic E-state index is 12.7. The molecular weight excluding hydrogens is 406 g/mol. The largest absolute Gasteiger partial charge is 0.492 e. The number of aliphatic hydroxyl groups excluding tert-OH is 1. The van der Waals surface area contributed by atoms with Crippen LogP contribution in [0, 0.1) is 0 Å². The number of nitrogens with one attached hydrogen (secondary N) is 1. The maximum Gasteiger partial charge on any atom is 0.290 e. The maximum absolute atomic E-state index is 12.7. The van der Waals surface area contributed by atoms with Gasteiger partial charge in [0.15, 0.2) is 0 Å². The van der Waals surface area contributed by atoms with E-state index in [2.05, 4.69) is 10.2 Å². The second kappa shape index (κ2) is 11.6. The number of carbonyl (C=O) groups is 3. The molecule has 1 aromatic carbocycles. The number of likely N-dealkylation sites (tertiary alicyclic amines) is 1. The molecule has 2 amide bonds. The summed E-state index contributed by atoms with van der Waals surface area (Å²) in [6.07, 6.45) is 0.378. The highest BCUT2D eigenvalue weighted by Crippen LogP contribution is 2.24. The summed E-state index contributed by atoms with van der Waals surface area (Å²) in [7, 11) is 0. The van der Waals surface area contributed by atoms with Gasteiger partial charge >= 0.3 is 0 Å². The molecule has 172 valence electrons. The fourth-order valence-corrected chi connectivity index (χ4v) is 3.56. The first-order valence-corrected chi connectivity index (χ1v) is 10.3. The quantitative estimate of drug-likeness (QED) is 0.449. The lowest BCUT2D eigenvalue weighted by molar-refractivity contribution is -0.150. The molecule has 10 heteroatoms. The van der Waals surface area contributed by atoms with Crippen LogP contribution in [-0.2, 0) is 20.9 Å². The van der Waals surface area contributed by atoms with Crippen LogP contribution in [0.4, 0.5) is 0 Å². The smallest absolute Gasteiger partial charge is 0.290 e. The molecule has 0 aliphatic carbocycles. The van der Waals surface area contributed by atoms with Crippen LogP contribution in [0.5, 0.6) is 5.75 Å². The summed E-state index contributed by atoms with van der Waals surface area (Å²) in [5, 5.41) is 29.1. The third-order valence-corrected chi connectivity index (χ3v) is 5.41. The monoisotopic (exact) mass is 437 g/mol. The molecule has 1 saturated heterocycles. The highest BCUT2D eigenvalue weighted by molar-refractivity contribution is 5.86. The van der Waals surface area contributed by atoms with Gasteiger partial charge in [-0.3, -0.25) is 19.3 Å². The van der Waals surface area contributed by atoms with Crippen molar-refractivity contribution in [3.63, 3.8) is 0 Å². The first kappa shape index (κ1) is 24.6. The minimum atomic E-state index is -1.49. The van der Waals surface area contributed by atoms with E-state index in [1.807, 2.05) is 24.3 Å². The third kappa shape index (κ3) is 6.91. The average molecular weight is 437 g/mol. The number of amides is 2. The van der Waals surface area contributed by atoms with E-state index in [9.17, 15) is 14.7 Å². The van der Waals surface area contributed by atoms with Crippen molar-refractivity contribution in [3.05, 3.63) is 29.8 Å². The van der Waals surface area contributed by atoms with Crippen LogP contribution in [-0.4, -0.2) is 94.4 Å². The van der Waals surface area contributed by atoms with Crippen molar-refractivity contribution in [2.45, 2.75) is 38.0 Å². The fraction of sp³-hybridized carbons (Fsp3) is 0.571. The molecule has 10 nitrogen and oxygen atoms in total. The van der Waals surface area contributed by atoms with Crippen LogP contribution in [0.1, 0.15) is 25.3 Å². The lowest BCUT2D eigenvalue weighted by Crippen LogP contribution is -2.57. The molecule has 0 aromatic heterocycles. The van der Waals surface area contributed by atoms with Gasteiger partial charge in [0.1, 0.15) is 18.0 Å². The Morgan fingerprint density at radius 3 is 2.55 bits per heavy atom. The summed E-state index contributed by atoms with van der Waals surface area (Å²) >= 11 is 0. The molecule has 0 bridgehead atoms. The van der Waals surface area contributed by atoms with Crippen LogP contribution < -0.4 is 10.1 Å². The number of fused-ring (bicyclic) bond motifs is 1. The van der Waals surface area contributed by atoms with Gasteiger partial charge in [-0.1, -0.05) is 18.2 Å². The van der Waals surface area contributed by atoms with Crippen molar-refractivity contribution < 1.29 is 34.4 Å². The predicted octanol–water partition coefficient (Wildman–Crippen LogP) is -0.568. The third-order valence-electron chi connectivity index (χ3n) is 5.41. The molecule has 0 radical (unpaired) electrons. The zero-order valence-electron chi connectivity index (χ0n) is 17.7. The van der Waals surface area contributed by atoms with Gasteiger partial charge in [0.25, 0.3) is 12.4 Å². The van der Waals surface area contributed by atoms with Crippen LogP contribution >= 0.6 is 0 Å². The number of piperidine rings is 1. The highest BCUT2D eigenvalue weighted by atomic mass is 16.5. The Morgan fingerprint density at radius 2 is 1.90 bits per heavy atom. The van der Waals surface area contributed by atoms with Crippen molar-refractivity contribution in [1.29, 1.82) is 0 Å². The summed E-state index contributed by atoms with van der Waals surface area (Å²) in [6, 6.07) is 7.43. The molecule has 1 aromatic rings. The SMILES string of the molecule is CC(CO)NC(=O)C1(O)CCN(C(=O)CN2CCOc3ccccc3C2)CC1.O=CO. The van der Waals surface area contributed by atoms with E-state index in [1.54, 1.807) is 11.8 Å². The molecule has 0 saturated carbocycles. The Morgan fingerprint density at radius 1 is 1.26 bits per heavy atom. The second-order valence-corrected chi connectivity index (χ2v) is 7.74. The molecule has 3 rings (SSSR count). The van der Waals surface area contributed by atoms with Crippen molar-refractivity contribution >= 4 is 18.3 Å². The minimum absolute atomic E-state index is 0.00874. The first-order valence-electron chi connectivity index (χ1n) is 10.3. The number of ether oxygens (including phenoxy) is 1. The first-order chi connectivity index (χ1) is 14.8. The number of nitrogens with zero attached hydrogens (tertiary/aromatic N) is 2. The average Bonchev–Trinajstić information content (AvgIpc) is 2.96. The van der Waals surface area contributed by atoms with E-state index in [0.29, 0.717) is 32.8 Å². The normalized spacial score (nSPS) is 18.9. The predicted molar refractivity (Wildman–Crippen MR) is 111 cm³/mol. The Bertz CT molecular complexity index is 750. The van der Waals surface area contributed by atoms with Gasteiger partial charge < -0.3 is 30.3 Å². The fourth-order valence-electron chi connectivity index (χ4n) is 3.56. The number of rotatable bonds is 5. The summed E-state index contributed by atoms with van der Waals surface area (Å²) in [6.45, 7) is 4.03. The van der Waals surface area contributed by atoms with Crippen molar-refractivity contribution in [2.24, 2.45) is 0 Å². The lowest BCUT2D eigenvalue weighted by atomic mass is 9.90. The molecular formula is C21H31N3O7. The molecule has 1 fully saturated rings. The lowest BCUT2D eigenvalue weighted by Gasteiger charge is -2.38. The number of aliphatic hydroxyl groups is 2. The molecule has 0 spiro atoms. The standard InChI is InChI=1S/C20H29N3O5.CH2O2/c1-15(14-24)21-19(26)20(27)6-8-23(9-7-20)18(25)13-22-10-11-28-17-5-3-2-4-16(17)12-22;2-1-3/h2-5,15,24,27H,6-14H2,1H3,(H,21,26);1H,(H,2,3). The number of carboxylic acid groups (broad SMARTS) is 1. The molecule has 1 unspecified atom stereocenters. The van der Waals surface area contributed by atoms with E-state index >= 15 is 0 Å². The number of hydrogen-bond donors (Lipinski definition) is 4. The number of benzene rings is 1. The second-order valence-electron chi connectivity index (χ2n) is 7.74. The Hall–Kier alpha value is -2.69. The van der Waals surface area contributed by atoms with E-state index in [4.69, 9.17) is 19.7 Å². The summed E-state index contributed by atoms with van der Waals surface area (Å²) in [5.74, 6) is 0.372. The zero-order chi connectivity index (χ0) is 22.9. The number of para-hydroxylation sites is 1. The van der Waals surface area contributed by atoms with Gasteiger partial charge in [-0.15, -0.1) is 0 Å². The molecule has 2 aliphatic heterocycles. The van der Waals surface area contributed by atoms with Gasteiger partial charge in [-0.05, 0) is 13.0 Å². The van der Waals surface area contributed by atoms with Crippen molar-refractivity contribution in [2.75, 3.05) is 39.4 Å². The zero-order valence-corrected chi connectivity index (χ0v) is 17.7. The van der Waals surface area contributed by atoms with Crippen molar-refractivity contribution in [1.82, 2.24) is 15.1 Å². The minimum Gasteiger partial charge on any atom is -0.492 e. The van der Waals surface area contributed by atoms with Crippen LogP contribution in [0.15, 0.2) is 24.3 Å². The Balaban J connectivity index is 0.00000107. The van der Waals surface area contributed by atoms with Gasteiger partial charge in [-0.2, -0.15) is 0 Å². The highest BCUT2D eigenvalue weighted by Gasteiger charge is 2.40. The van der Waals surface area contributed by atoms with E-state index in [1.165, 1.54) is 0 Å². The van der Waals surface area contributed by atoms with Gasteiger partial charge in [0, 0.05) is 50.6 Å². The Kier molecular flexibility index (Phi) is 9.22. The van der Waals surface area contributed by atoms with Gasteiger partial charge in [0.05, 0.1) is 13.2 Å². The van der Waals surface area contributed by atoms with E-state index < -0.39 is 17.6 Å². The van der Waals surface area contributed by atoms with Crippen LogP contribution in [0.3, 0.4) is 0 Å². The summed E-state index contributed by atoms with van der Waals surface area (Å²) < 4.78 is 5.74. The number of hydrogen-bond acceptors (Lipinski definition) is 7. The summed E-state index contributed by atoms with van der Waals surface area (Å²) in [5.41, 5.74) is -0.425. The van der Waals surface area contributed by atoms with Gasteiger partial charge in [-0.25, -0.2) is 0 Å². The molecule has 4 N–H and O–H groups in total. The van der Waals surface area contributed by atoms with Gasteiger partial charge in [0.2, 0.25) is 5.91 Å². The van der Waals surface area contributed by atoms with Crippen LogP contribution in [0.25, 0.3) is 0 Å². The topological polar surface area (TPSA) is 140 Å². The van der Waals surface area contributed by atoms with E-state index in [0.717, 1.165) is 11.3 Å². The van der Waals surface area contributed by atoms with E-state index in [-0.39, 0.29) is 38.4 Å². The van der Waals surface area contributed by atoms with Crippen molar-refractivity contribution in [3.8, 4) is 5.75 Å².